The highest BCUT2D eigenvalue weighted by atomic mass is 19.4. The maximum Gasteiger partial charge on any atom is 0.418 e. The lowest BCUT2D eigenvalue weighted by Crippen LogP contribution is -2.40. The number of carbonyl (C=O) groups excluding carboxylic acids is 2. The lowest BCUT2D eigenvalue weighted by molar-refractivity contribution is -0.137. The summed E-state index contributed by atoms with van der Waals surface area (Å²) < 4.78 is 44.2. The quantitative estimate of drug-likeness (QED) is 0.778. The Labute approximate surface area is 161 Å². The standard InChI is InChI=1S/C20H21F3N2O3/c1-14-6-5-7-15(12-14)19(27)25(10-11-28-2)13-18(26)24-17-9-4-3-8-16(17)20(21,22)23/h3-9,12H,10-11,13H2,1-2H3,(H,24,26). The van der Waals surface area contributed by atoms with Gasteiger partial charge in [-0.05, 0) is 31.2 Å². The van der Waals surface area contributed by atoms with Crippen LogP contribution in [0.4, 0.5) is 18.9 Å². The number of carbonyl (C=O) groups is 2. The first kappa shape index (κ1) is 21.4. The van der Waals surface area contributed by atoms with Gasteiger partial charge in [-0.1, -0.05) is 29.8 Å². The van der Waals surface area contributed by atoms with Crippen LogP contribution >= 0.6 is 0 Å². The van der Waals surface area contributed by atoms with Crippen LogP contribution in [-0.4, -0.2) is 43.5 Å². The van der Waals surface area contributed by atoms with Gasteiger partial charge in [0.05, 0.1) is 17.9 Å². The van der Waals surface area contributed by atoms with Crippen LogP contribution in [0.1, 0.15) is 21.5 Å². The summed E-state index contributed by atoms with van der Waals surface area (Å²) in [7, 11) is 1.45. The van der Waals surface area contributed by atoms with E-state index in [1.54, 1.807) is 18.2 Å². The van der Waals surface area contributed by atoms with Gasteiger partial charge in [0.2, 0.25) is 5.91 Å². The summed E-state index contributed by atoms with van der Waals surface area (Å²) in [6.45, 7) is 1.74. The molecule has 0 aliphatic carbocycles. The van der Waals surface area contributed by atoms with Crippen LogP contribution in [0.2, 0.25) is 0 Å². The first-order valence-corrected chi connectivity index (χ1v) is 8.53. The highest BCUT2D eigenvalue weighted by molar-refractivity contribution is 5.99. The molecular formula is C20H21F3N2O3. The SMILES string of the molecule is COCCN(CC(=O)Nc1ccccc1C(F)(F)F)C(=O)c1cccc(C)c1. The van der Waals surface area contributed by atoms with Gasteiger partial charge in [-0.3, -0.25) is 9.59 Å². The molecule has 2 aromatic rings. The van der Waals surface area contributed by atoms with E-state index in [-0.39, 0.29) is 18.8 Å². The average Bonchev–Trinajstić information content (AvgIpc) is 2.64. The van der Waals surface area contributed by atoms with Crippen molar-refractivity contribution in [3.63, 3.8) is 0 Å². The van der Waals surface area contributed by atoms with Crippen molar-refractivity contribution in [1.29, 1.82) is 0 Å². The van der Waals surface area contributed by atoms with E-state index < -0.39 is 30.1 Å². The smallest absolute Gasteiger partial charge is 0.383 e. The molecule has 0 radical (unpaired) electrons. The third-order valence-corrected chi connectivity index (χ3v) is 3.96. The molecule has 0 bridgehead atoms. The van der Waals surface area contributed by atoms with Crippen LogP contribution in [0.15, 0.2) is 48.5 Å². The zero-order chi connectivity index (χ0) is 20.7. The number of benzene rings is 2. The number of alkyl halides is 3. The number of para-hydroxylation sites is 1. The van der Waals surface area contributed by atoms with E-state index in [1.807, 2.05) is 13.0 Å². The third-order valence-electron chi connectivity index (χ3n) is 3.96. The Balaban J connectivity index is 2.17. The molecule has 0 fully saturated rings. The summed E-state index contributed by atoms with van der Waals surface area (Å²) in [5.41, 5.74) is -0.0350. The Hall–Kier alpha value is -2.87. The molecule has 2 amide bonds. The number of methoxy groups -OCH3 is 1. The zero-order valence-electron chi connectivity index (χ0n) is 15.5. The van der Waals surface area contributed by atoms with Crippen LogP contribution in [0.3, 0.4) is 0 Å². The van der Waals surface area contributed by atoms with E-state index in [2.05, 4.69) is 5.32 Å². The van der Waals surface area contributed by atoms with E-state index in [1.165, 1.54) is 30.2 Å². The van der Waals surface area contributed by atoms with Crippen molar-refractivity contribution in [2.24, 2.45) is 0 Å². The first-order valence-electron chi connectivity index (χ1n) is 8.53. The first-order chi connectivity index (χ1) is 13.2. The van der Waals surface area contributed by atoms with Crippen molar-refractivity contribution in [3.8, 4) is 0 Å². The van der Waals surface area contributed by atoms with E-state index in [0.717, 1.165) is 11.6 Å². The average molecular weight is 394 g/mol. The lowest BCUT2D eigenvalue weighted by atomic mass is 10.1. The third kappa shape index (κ3) is 5.82. The minimum atomic E-state index is -4.60. The second-order valence-corrected chi connectivity index (χ2v) is 6.18. The highest BCUT2D eigenvalue weighted by Crippen LogP contribution is 2.34. The summed E-state index contributed by atoms with van der Waals surface area (Å²) in [6, 6.07) is 11.5. The fourth-order valence-corrected chi connectivity index (χ4v) is 2.62. The Kier molecular flexibility index (Phi) is 7.17. The molecule has 28 heavy (non-hydrogen) atoms. The van der Waals surface area contributed by atoms with Crippen LogP contribution in [0.25, 0.3) is 0 Å². The fourth-order valence-electron chi connectivity index (χ4n) is 2.62. The molecule has 2 aromatic carbocycles. The molecule has 0 atom stereocenters. The Morgan fingerprint density at radius 3 is 2.46 bits per heavy atom. The maximum absolute atomic E-state index is 13.1. The molecule has 0 spiro atoms. The van der Waals surface area contributed by atoms with Gasteiger partial charge < -0.3 is 15.0 Å². The van der Waals surface area contributed by atoms with Gasteiger partial charge in [-0.25, -0.2) is 0 Å². The van der Waals surface area contributed by atoms with Crippen molar-refractivity contribution >= 4 is 17.5 Å². The predicted molar refractivity (Wildman–Crippen MR) is 99.0 cm³/mol. The summed E-state index contributed by atoms with van der Waals surface area (Å²) in [5, 5.41) is 2.25. The molecule has 5 nitrogen and oxygen atoms in total. The van der Waals surface area contributed by atoms with Gasteiger partial charge in [0, 0.05) is 19.2 Å². The van der Waals surface area contributed by atoms with Crippen LogP contribution in [0, 0.1) is 6.92 Å². The summed E-state index contributed by atoms with van der Waals surface area (Å²) >= 11 is 0. The van der Waals surface area contributed by atoms with Crippen LogP contribution in [0.5, 0.6) is 0 Å². The minimum absolute atomic E-state index is 0.123. The maximum atomic E-state index is 13.1. The van der Waals surface area contributed by atoms with Crippen molar-refractivity contribution in [1.82, 2.24) is 4.90 Å². The Bertz CT molecular complexity index is 837. The number of amides is 2. The van der Waals surface area contributed by atoms with Gasteiger partial charge in [0.15, 0.2) is 0 Å². The van der Waals surface area contributed by atoms with Gasteiger partial charge >= 0.3 is 6.18 Å². The fraction of sp³-hybridized carbons (Fsp3) is 0.300. The molecular weight excluding hydrogens is 373 g/mol. The largest absolute Gasteiger partial charge is 0.418 e. The van der Waals surface area contributed by atoms with E-state index in [9.17, 15) is 22.8 Å². The van der Waals surface area contributed by atoms with Gasteiger partial charge in [0.1, 0.15) is 6.54 Å². The number of hydrogen-bond acceptors (Lipinski definition) is 3. The Morgan fingerprint density at radius 1 is 1.11 bits per heavy atom. The monoisotopic (exact) mass is 394 g/mol. The number of halogens is 3. The molecule has 0 saturated heterocycles. The van der Waals surface area contributed by atoms with Crippen molar-refractivity contribution in [3.05, 3.63) is 65.2 Å². The zero-order valence-corrected chi connectivity index (χ0v) is 15.5. The number of anilines is 1. The number of aryl methyl sites for hydroxylation is 1. The van der Waals surface area contributed by atoms with Gasteiger partial charge in [0.25, 0.3) is 5.91 Å². The second kappa shape index (κ2) is 9.36. The molecule has 1 N–H and O–H groups in total. The van der Waals surface area contributed by atoms with Gasteiger partial charge in [-0.2, -0.15) is 13.2 Å². The normalized spacial score (nSPS) is 11.2. The van der Waals surface area contributed by atoms with Crippen LogP contribution < -0.4 is 5.32 Å². The predicted octanol–water partition coefficient (Wildman–Crippen LogP) is 3.74. The summed E-state index contributed by atoms with van der Waals surface area (Å²) in [4.78, 5) is 26.3. The van der Waals surface area contributed by atoms with Crippen molar-refractivity contribution < 1.29 is 27.5 Å². The molecule has 0 heterocycles. The minimum Gasteiger partial charge on any atom is -0.383 e. The molecule has 0 aliphatic heterocycles. The van der Waals surface area contributed by atoms with E-state index in [4.69, 9.17) is 4.74 Å². The number of ether oxygens (including phenoxy) is 1. The number of nitrogens with zero attached hydrogens (tertiary/aromatic N) is 1. The van der Waals surface area contributed by atoms with Crippen LogP contribution in [-0.2, 0) is 15.7 Å². The Morgan fingerprint density at radius 2 is 1.82 bits per heavy atom. The van der Waals surface area contributed by atoms with Crippen molar-refractivity contribution in [2.45, 2.75) is 13.1 Å². The molecule has 0 aliphatic rings. The number of rotatable bonds is 7. The van der Waals surface area contributed by atoms with E-state index >= 15 is 0 Å². The molecule has 0 saturated carbocycles. The lowest BCUT2D eigenvalue weighted by Gasteiger charge is -2.22. The molecule has 0 aromatic heterocycles. The molecule has 150 valence electrons. The highest BCUT2D eigenvalue weighted by Gasteiger charge is 2.33. The van der Waals surface area contributed by atoms with Gasteiger partial charge in [-0.15, -0.1) is 0 Å². The number of nitrogens with one attached hydrogen (secondary N) is 1. The molecule has 8 heteroatoms. The molecule has 2 rings (SSSR count). The molecule has 0 unspecified atom stereocenters. The van der Waals surface area contributed by atoms with Crippen molar-refractivity contribution in [2.75, 3.05) is 32.1 Å². The number of hydrogen-bond donors (Lipinski definition) is 1. The topological polar surface area (TPSA) is 58.6 Å². The van der Waals surface area contributed by atoms with E-state index in [0.29, 0.717) is 5.56 Å². The second-order valence-electron chi connectivity index (χ2n) is 6.18. The summed E-state index contributed by atoms with van der Waals surface area (Å²) in [6.07, 6.45) is -4.60. The summed E-state index contributed by atoms with van der Waals surface area (Å²) in [5.74, 6) is -1.13.